The van der Waals surface area contributed by atoms with E-state index in [9.17, 15) is 0 Å². The van der Waals surface area contributed by atoms with Crippen LogP contribution in [0.25, 0.3) is 0 Å². The molecule has 0 bridgehead atoms. The summed E-state index contributed by atoms with van der Waals surface area (Å²) in [5, 5.41) is 10.2. The first-order valence-corrected chi connectivity index (χ1v) is 9.63. The molecule has 1 aromatic heterocycles. The van der Waals surface area contributed by atoms with Gasteiger partial charge in [0, 0.05) is 37.9 Å². The second-order valence-corrected chi connectivity index (χ2v) is 7.26. The van der Waals surface area contributed by atoms with Crippen LogP contribution in [-0.4, -0.2) is 31.1 Å². The number of allylic oxidation sites excluding steroid dienone is 1. The van der Waals surface area contributed by atoms with Gasteiger partial charge in [-0.3, -0.25) is 4.99 Å². The molecule has 0 aromatic carbocycles. The summed E-state index contributed by atoms with van der Waals surface area (Å²) in [5.41, 5.74) is 2.77. The zero-order valence-electron chi connectivity index (χ0n) is 14.7. The molecule has 128 valence electrons. The van der Waals surface area contributed by atoms with Crippen LogP contribution in [0.1, 0.15) is 62.6 Å². The van der Waals surface area contributed by atoms with Crippen molar-refractivity contribution in [2.24, 2.45) is 4.99 Å². The molecule has 1 heterocycles. The normalized spacial score (nSPS) is 15.7. The van der Waals surface area contributed by atoms with E-state index in [2.05, 4.69) is 45.9 Å². The lowest BCUT2D eigenvalue weighted by Crippen LogP contribution is -2.38. The topological polar surface area (TPSA) is 49.3 Å². The monoisotopic (exact) mass is 334 g/mol. The largest absolute Gasteiger partial charge is 0.356 e. The average molecular weight is 335 g/mol. The Hall–Kier alpha value is -1.36. The van der Waals surface area contributed by atoms with Gasteiger partial charge >= 0.3 is 0 Å². The molecule has 2 N–H and O–H groups in total. The van der Waals surface area contributed by atoms with Gasteiger partial charge in [-0.2, -0.15) is 0 Å². The summed E-state index contributed by atoms with van der Waals surface area (Å²) in [6.45, 7) is 6.20. The molecule has 0 spiro atoms. The summed E-state index contributed by atoms with van der Waals surface area (Å²) in [4.78, 5) is 8.96. The predicted octanol–water partition coefficient (Wildman–Crippen LogP) is 3.86. The molecule has 0 radical (unpaired) electrons. The van der Waals surface area contributed by atoms with Crippen molar-refractivity contribution in [2.45, 2.75) is 58.3 Å². The van der Waals surface area contributed by atoms with Crippen LogP contribution in [0.15, 0.2) is 22.0 Å². The molecule has 0 aliphatic heterocycles. The van der Waals surface area contributed by atoms with Gasteiger partial charge < -0.3 is 10.6 Å². The van der Waals surface area contributed by atoms with E-state index < -0.39 is 0 Å². The van der Waals surface area contributed by atoms with Gasteiger partial charge in [0.05, 0.1) is 10.7 Å². The Labute approximate surface area is 144 Å². The van der Waals surface area contributed by atoms with E-state index in [0.717, 1.165) is 31.9 Å². The fraction of sp³-hybridized carbons (Fsp3) is 0.667. The Morgan fingerprint density at radius 2 is 2.04 bits per heavy atom. The van der Waals surface area contributed by atoms with Gasteiger partial charge in [-0.25, -0.2) is 4.98 Å². The Morgan fingerprint density at radius 1 is 1.26 bits per heavy atom. The zero-order valence-corrected chi connectivity index (χ0v) is 15.5. The van der Waals surface area contributed by atoms with E-state index in [1.54, 1.807) is 16.9 Å². The van der Waals surface area contributed by atoms with E-state index in [1.807, 2.05) is 7.05 Å². The number of nitrogens with zero attached hydrogens (tertiary/aromatic N) is 2. The third-order valence-corrected chi connectivity index (χ3v) is 5.28. The van der Waals surface area contributed by atoms with Gasteiger partial charge in [-0.15, -0.1) is 11.3 Å². The molecule has 0 saturated carbocycles. The van der Waals surface area contributed by atoms with Crippen LogP contribution in [0.4, 0.5) is 0 Å². The molecular weight excluding hydrogens is 304 g/mol. The maximum Gasteiger partial charge on any atom is 0.190 e. The fourth-order valence-corrected chi connectivity index (χ4v) is 3.57. The van der Waals surface area contributed by atoms with Crippen molar-refractivity contribution in [2.75, 3.05) is 20.1 Å². The van der Waals surface area contributed by atoms with Crippen molar-refractivity contribution in [3.05, 3.63) is 27.7 Å². The zero-order chi connectivity index (χ0) is 16.5. The van der Waals surface area contributed by atoms with Crippen LogP contribution in [0.2, 0.25) is 0 Å². The summed E-state index contributed by atoms with van der Waals surface area (Å²) in [6.07, 6.45) is 9.72. The fourth-order valence-electron chi connectivity index (χ4n) is 2.71. The second kappa shape index (κ2) is 9.71. The number of hydrogen-bond donors (Lipinski definition) is 2. The van der Waals surface area contributed by atoms with Crippen LogP contribution in [0.3, 0.4) is 0 Å². The smallest absolute Gasteiger partial charge is 0.190 e. The molecule has 2 rings (SSSR count). The maximum atomic E-state index is 4.67. The minimum Gasteiger partial charge on any atom is -0.356 e. The van der Waals surface area contributed by atoms with Crippen molar-refractivity contribution in [3.8, 4) is 0 Å². The predicted molar refractivity (Wildman–Crippen MR) is 100 cm³/mol. The summed E-state index contributed by atoms with van der Waals surface area (Å²) in [5.74, 6) is 1.41. The Kier molecular flexibility index (Phi) is 7.59. The summed E-state index contributed by atoms with van der Waals surface area (Å²) in [6, 6.07) is 0. The van der Waals surface area contributed by atoms with E-state index in [-0.39, 0.29) is 0 Å². The van der Waals surface area contributed by atoms with Crippen LogP contribution >= 0.6 is 11.3 Å². The lowest BCUT2D eigenvalue weighted by molar-refractivity contribution is 0.665. The average Bonchev–Trinajstić information content (AvgIpc) is 3.03. The Bertz CT molecular complexity index is 531. The highest BCUT2D eigenvalue weighted by molar-refractivity contribution is 7.09. The molecule has 5 heteroatoms. The van der Waals surface area contributed by atoms with Crippen LogP contribution in [-0.2, 0) is 6.42 Å². The highest BCUT2D eigenvalue weighted by Crippen LogP contribution is 2.20. The number of rotatable bonds is 7. The molecule has 0 amide bonds. The molecule has 0 saturated heterocycles. The van der Waals surface area contributed by atoms with Crippen LogP contribution in [0.5, 0.6) is 0 Å². The van der Waals surface area contributed by atoms with Crippen molar-refractivity contribution in [1.29, 1.82) is 0 Å². The highest BCUT2D eigenvalue weighted by atomic mass is 32.1. The minimum atomic E-state index is 0.519. The molecule has 0 fully saturated rings. The van der Waals surface area contributed by atoms with Gasteiger partial charge in [-0.1, -0.05) is 25.5 Å². The second-order valence-electron chi connectivity index (χ2n) is 6.37. The first-order valence-electron chi connectivity index (χ1n) is 8.75. The van der Waals surface area contributed by atoms with Gasteiger partial charge in [0.1, 0.15) is 0 Å². The summed E-state index contributed by atoms with van der Waals surface area (Å²) < 4.78 is 0. The SMILES string of the molecule is CN=C(NCCC1=CCCCC1)NCCc1csc(C(C)C)n1. The number of hydrogen-bond acceptors (Lipinski definition) is 3. The van der Waals surface area contributed by atoms with E-state index in [4.69, 9.17) is 0 Å². The quantitative estimate of drug-likeness (QED) is 0.452. The number of nitrogens with one attached hydrogen (secondary N) is 2. The first kappa shape index (κ1) is 18.0. The van der Waals surface area contributed by atoms with Crippen molar-refractivity contribution >= 4 is 17.3 Å². The maximum absolute atomic E-state index is 4.67. The molecule has 1 aliphatic carbocycles. The molecule has 4 nitrogen and oxygen atoms in total. The van der Waals surface area contributed by atoms with Crippen molar-refractivity contribution < 1.29 is 0 Å². The number of aromatic nitrogens is 1. The lowest BCUT2D eigenvalue weighted by Gasteiger charge is -2.15. The van der Waals surface area contributed by atoms with E-state index in [0.29, 0.717) is 5.92 Å². The van der Waals surface area contributed by atoms with E-state index >= 15 is 0 Å². The molecule has 0 unspecified atom stereocenters. The highest BCUT2D eigenvalue weighted by Gasteiger charge is 2.06. The van der Waals surface area contributed by atoms with Crippen molar-refractivity contribution in [3.63, 3.8) is 0 Å². The Balaban J connectivity index is 1.65. The first-order chi connectivity index (χ1) is 11.2. The summed E-state index contributed by atoms with van der Waals surface area (Å²) in [7, 11) is 1.83. The minimum absolute atomic E-state index is 0.519. The molecular formula is C18H30N4S. The van der Waals surface area contributed by atoms with Crippen LogP contribution in [0, 0.1) is 0 Å². The third-order valence-electron chi connectivity index (χ3n) is 4.08. The Morgan fingerprint density at radius 3 is 2.65 bits per heavy atom. The third kappa shape index (κ3) is 6.34. The van der Waals surface area contributed by atoms with Crippen molar-refractivity contribution in [1.82, 2.24) is 15.6 Å². The summed E-state index contributed by atoms with van der Waals surface area (Å²) >= 11 is 1.76. The molecule has 1 aliphatic rings. The molecule has 1 aromatic rings. The molecule has 23 heavy (non-hydrogen) atoms. The van der Waals surface area contributed by atoms with Gasteiger partial charge in [0.25, 0.3) is 0 Å². The molecule has 0 atom stereocenters. The number of aliphatic imine (C=N–C) groups is 1. The number of thiazole rings is 1. The van der Waals surface area contributed by atoms with E-state index in [1.165, 1.54) is 36.4 Å². The number of guanidine groups is 1. The lowest BCUT2D eigenvalue weighted by atomic mass is 9.97. The van der Waals surface area contributed by atoms with Gasteiger partial charge in [0.15, 0.2) is 5.96 Å². The van der Waals surface area contributed by atoms with Crippen LogP contribution < -0.4 is 10.6 Å². The van der Waals surface area contributed by atoms with Gasteiger partial charge in [-0.05, 0) is 32.1 Å². The standard InChI is InChI=1S/C18H30N4S/c1-14(2)17-22-16(13-23-17)10-12-21-18(19-3)20-11-9-15-7-5-4-6-8-15/h7,13-14H,4-6,8-12H2,1-3H3,(H2,19,20,21). The van der Waals surface area contributed by atoms with Gasteiger partial charge in [0.2, 0.25) is 0 Å².